The first-order valence-electron chi connectivity index (χ1n) is 7.19. The Labute approximate surface area is 122 Å². The second-order valence-electron chi connectivity index (χ2n) is 5.23. The highest BCUT2D eigenvalue weighted by atomic mass is 16.5. The predicted octanol–water partition coefficient (Wildman–Crippen LogP) is 2.09. The van der Waals surface area contributed by atoms with Crippen LogP contribution in [0.1, 0.15) is 19.8 Å². The molecule has 2 atom stereocenters. The fraction of sp³-hybridized carbons (Fsp3) is 0.467. The number of hydrogen-bond acceptors (Lipinski definition) is 4. The second-order valence-corrected chi connectivity index (χ2v) is 5.23. The summed E-state index contributed by atoms with van der Waals surface area (Å²) < 4.78 is 11.0. The lowest BCUT2D eigenvalue weighted by Crippen LogP contribution is -2.30. The normalized spacial score (nSPS) is 19.8. The largest absolute Gasteiger partial charge is 0.376 e. The van der Waals surface area contributed by atoms with Gasteiger partial charge in [-0.1, -0.05) is 0 Å². The van der Waals surface area contributed by atoms with Crippen molar-refractivity contribution in [1.29, 1.82) is 0 Å². The molecule has 0 aromatic carbocycles. The smallest absolute Gasteiger partial charge is 0.254 e. The van der Waals surface area contributed by atoms with Crippen LogP contribution in [0, 0.1) is 0 Å². The van der Waals surface area contributed by atoms with Crippen LogP contribution >= 0.6 is 0 Å². The number of carbonyl (C=O) groups excluding carboxylic acids is 1. The van der Waals surface area contributed by atoms with Crippen LogP contribution in [0.2, 0.25) is 0 Å². The van der Waals surface area contributed by atoms with E-state index in [1.165, 1.54) is 0 Å². The van der Waals surface area contributed by atoms with Crippen LogP contribution in [0.3, 0.4) is 0 Å². The molecule has 2 aromatic heterocycles. The number of aromatic amines is 1. The van der Waals surface area contributed by atoms with Gasteiger partial charge in [0, 0.05) is 18.2 Å². The molecule has 2 unspecified atom stereocenters. The number of carbonyl (C=O) groups is 1. The van der Waals surface area contributed by atoms with Crippen LogP contribution in [-0.4, -0.2) is 41.3 Å². The molecule has 2 N–H and O–H groups in total. The lowest BCUT2D eigenvalue weighted by molar-refractivity contribution is -0.128. The third kappa shape index (κ3) is 3.40. The number of aromatic nitrogens is 2. The number of nitrogens with zero attached hydrogens (tertiary/aromatic N) is 1. The minimum absolute atomic E-state index is 0.120. The van der Waals surface area contributed by atoms with Crippen molar-refractivity contribution in [2.75, 3.05) is 18.5 Å². The summed E-state index contributed by atoms with van der Waals surface area (Å²) in [6, 6.07) is 3.76. The number of pyridine rings is 1. The van der Waals surface area contributed by atoms with Gasteiger partial charge in [0.15, 0.2) is 0 Å². The zero-order valence-electron chi connectivity index (χ0n) is 12.0. The second kappa shape index (κ2) is 6.24. The van der Waals surface area contributed by atoms with Crippen LogP contribution in [0.25, 0.3) is 10.9 Å². The van der Waals surface area contributed by atoms with Crippen molar-refractivity contribution in [1.82, 2.24) is 9.97 Å². The average Bonchev–Trinajstić information content (AvgIpc) is 3.15. The van der Waals surface area contributed by atoms with Gasteiger partial charge in [-0.3, -0.25) is 4.79 Å². The summed E-state index contributed by atoms with van der Waals surface area (Å²) in [5.74, 6) is 0.329. The van der Waals surface area contributed by atoms with Crippen LogP contribution in [0.5, 0.6) is 0 Å². The van der Waals surface area contributed by atoms with Crippen molar-refractivity contribution in [3.05, 3.63) is 24.5 Å². The lowest BCUT2D eigenvalue weighted by atomic mass is 10.2. The average molecular weight is 289 g/mol. The molecule has 21 heavy (non-hydrogen) atoms. The molecule has 3 rings (SSSR count). The van der Waals surface area contributed by atoms with Crippen molar-refractivity contribution < 1.29 is 14.3 Å². The first-order valence-corrected chi connectivity index (χ1v) is 7.19. The minimum atomic E-state index is -0.530. The number of fused-ring (bicyclic) bond motifs is 1. The number of amides is 1. The molecule has 3 heterocycles. The third-order valence-corrected chi connectivity index (χ3v) is 3.61. The molecule has 0 bridgehead atoms. The molecule has 0 saturated carbocycles. The molecule has 1 aliphatic rings. The van der Waals surface area contributed by atoms with E-state index in [1.54, 1.807) is 13.1 Å². The number of H-pyrrole nitrogens is 1. The molecule has 6 heteroatoms. The summed E-state index contributed by atoms with van der Waals surface area (Å²) in [5.41, 5.74) is 0.940. The maximum absolute atomic E-state index is 12.1. The van der Waals surface area contributed by atoms with E-state index in [0.29, 0.717) is 12.4 Å². The minimum Gasteiger partial charge on any atom is -0.376 e. The molecule has 1 fully saturated rings. The van der Waals surface area contributed by atoms with Crippen LogP contribution in [-0.2, 0) is 14.3 Å². The van der Waals surface area contributed by atoms with E-state index in [-0.39, 0.29) is 12.0 Å². The van der Waals surface area contributed by atoms with E-state index in [1.807, 2.05) is 18.3 Å². The number of nitrogens with one attached hydrogen (secondary N) is 2. The Morgan fingerprint density at radius 2 is 2.57 bits per heavy atom. The van der Waals surface area contributed by atoms with Gasteiger partial charge in [0.05, 0.1) is 24.4 Å². The molecule has 1 amide bonds. The van der Waals surface area contributed by atoms with Crippen molar-refractivity contribution in [2.24, 2.45) is 0 Å². The van der Waals surface area contributed by atoms with E-state index < -0.39 is 6.10 Å². The van der Waals surface area contributed by atoms with Crippen molar-refractivity contribution in [3.63, 3.8) is 0 Å². The molecule has 0 spiro atoms. The van der Waals surface area contributed by atoms with Gasteiger partial charge in [-0.2, -0.15) is 0 Å². The van der Waals surface area contributed by atoms with E-state index >= 15 is 0 Å². The Kier molecular flexibility index (Phi) is 4.17. The van der Waals surface area contributed by atoms with Crippen molar-refractivity contribution in [3.8, 4) is 0 Å². The predicted molar refractivity (Wildman–Crippen MR) is 79.1 cm³/mol. The molecule has 0 aliphatic carbocycles. The quantitative estimate of drug-likeness (QED) is 0.883. The SMILES string of the molecule is CC(OCC1CCCO1)C(=O)Nc1cc2cc[nH]c2cn1. The standard InChI is InChI=1S/C15H19N3O3/c1-10(21-9-12-3-2-6-20-12)15(19)18-14-7-11-4-5-16-13(11)8-17-14/h4-5,7-8,10,12,16H,2-3,6,9H2,1H3,(H,17,18,19). The number of rotatable bonds is 5. The first-order chi connectivity index (χ1) is 10.2. The Balaban J connectivity index is 1.54. The summed E-state index contributed by atoms with van der Waals surface area (Å²) in [4.78, 5) is 19.3. The highest BCUT2D eigenvalue weighted by Gasteiger charge is 2.20. The maximum Gasteiger partial charge on any atom is 0.254 e. The number of hydrogen-bond donors (Lipinski definition) is 2. The molecular formula is C15H19N3O3. The van der Waals surface area contributed by atoms with Gasteiger partial charge in [-0.15, -0.1) is 0 Å². The van der Waals surface area contributed by atoms with Gasteiger partial charge in [0.2, 0.25) is 0 Å². The highest BCUT2D eigenvalue weighted by Crippen LogP contribution is 2.16. The third-order valence-electron chi connectivity index (χ3n) is 3.61. The van der Waals surface area contributed by atoms with Crippen LogP contribution in [0.4, 0.5) is 5.82 Å². The Hall–Kier alpha value is -1.92. The Bertz CT molecular complexity index is 619. The lowest BCUT2D eigenvalue weighted by Gasteiger charge is -2.15. The monoisotopic (exact) mass is 289 g/mol. The summed E-state index contributed by atoms with van der Waals surface area (Å²) >= 11 is 0. The van der Waals surface area contributed by atoms with Crippen molar-refractivity contribution >= 4 is 22.6 Å². The topological polar surface area (TPSA) is 76.2 Å². The van der Waals surface area contributed by atoms with E-state index in [2.05, 4.69) is 15.3 Å². The molecule has 6 nitrogen and oxygen atoms in total. The molecule has 0 radical (unpaired) electrons. The zero-order valence-corrected chi connectivity index (χ0v) is 12.0. The summed E-state index contributed by atoms with van der Waals surface area (Å²) in [5, 5.41) is 3.78. The summed E-state index contributed by atoms with van der Waals surface area (Å²) in [6.45, 7) is 2.98. The van der Waals surface area contributed by atoms with Gasteiger partial charge >= 0.3 is 0 Å². The number of anilines is 1. The summed E-state index contributed by atoms with van der Waals surface area (Å²) in [6.07, 6.45) is 5.19. The maximum atomic E-state index is 12.1. The highest BCUT2D eigenvalue weighted by molar-refractivity contribution is 5.94. The van der Waals surface area contributed by atoms with E-state index in [9.17, 15) is 4.79 Å². The molecule has 2 aromatic rings. The van der Waals surface area contributed by atoms with E-state index in [4.69, 9.17) is 9.47 Å². The fourth-order valence-corrected chi connectivity index (χ4v) is 2.35. The first kappa shape index (κ1) is 14.0. The molecule has 1 aliphatic heterocycles. The molecule has 112 valence electrons. The van der Waals surface area contributed by atoms with Crippen LogP contribution in [0.15, 0.2) is 24.5 Å². The van der Waals surface area contributed by atoms with Gasteiger partial charge in [-0.25, -0.2) is 4.98 Å². The van der Waals surface area contributed by atoms with Gasteiger partial charge in [0.25, 0.3) is 5.91 Å². The van der Waals surface area contributed by atoms with Gasteiger partial charge in [-0.05, 0) is 31.9 Å². The van der Waals surface area contributed by atoms with Gasteiger partial charge < -0.3 is 19.8 Å². The summed E-state index contributed by atoms with van der Waals surface area (Å²) in [7, 11) is 0. The Morgan fingerprint density at radius 3 is 3.38 bits per heavy atom. The fourth-order valence-electron chi connectivity index (χ4n) is 2.35. The zero-order chi connectivity index (χ0) is 14.7. The van der Waals surface area contributed by atoms with Gasteiger partial charge in [0.1, 0.15) is 11.9 Å². The molecular weight excluding hydrogens is 270 g/mol. The Morgan fingerprint density at radius 1 is 1.67 bits per heavy atom. The number of ether oxygens (including phenoxy) is 2. The van der Waals surface area contributed by atoms with Crippen molar-refractivity contribution in [2.45, 2.75) is 32.0 Å². The van der Waals surface area contributed by atoms with E-state index in [0.717, 1.165) is 30.4 Å². The van der Waals surface area contributed by atoms with Crippen LogP contribution < -0.4 is 5.32 Å². The molecule has 1 saturated heterocycles.